The second-order valence-electron chi connectivity index (χ2n) is 3.91. The zero-order valence-corrected chi connectivity index (χ0v) is 10.8. The summed E-state index contributed by atoms with van der Waals surface area (Å²) < 4.78 is 10.2. The van der Waals surface area contributed by atoms with Crippen LogP contribution in [0.4, 0.5) is 0 Å². The van der Waals surface area contributed by atoms with Crippen molar-refractivity contribution in [2.75, 3.05) is 7.11 Å². The Morgan fingerprint density at radius 2 is 2.11 bits per heavy atom. The molecule has 0 aliphatic heterocycles. The highest BCUT2D eigenvalue weighted by atomic mass is 16.5. The maximum absolute atomic E-state index is 10.9. The summed E-state index contributed by atoms with van der Waals surface area (Å²) in [4.78, 5) is 10.9. The molecule has 96 valence electrons. The van der Waals surface area contributed by atoms with E-state index in [1.807, 2.05) is 24.3 Å². The standard InChI is InChI=1S/C15H18O3/c1-4-5-15(18-12(2)16)11-8-13-6-9-14(17-3)10-7-13/h5-7,9-10,15H,1,8,11H2,2-3H3. The van der Waals surface area contributed by atoms with Crippen molar-refractivity contribution in [2.24, 2.45) is 0 Å². The zero-order chi connectivity index (χ0) is 13.4. The summed E-state index contributed by atoms with van der Waals surface area (Å²) in [5.41, 5.74) is 3.83. The molecular weight excluding hydrogens is 228 g/mol. The molecule has 0 saturated carbocycles. The van der Waals surface area contributed by atoms with Gasteiger partial charge in [0.15, 0.2) is 0 Å². The van der Waals surface area contributed by atoms with E-state index in [-0.39, 0.29) is 12.1 Å². The summed E-state index contributed by atoms with van der Waals surface area (Å²) in [5.74, 6) is 0.544. The fourth-order valence-electron chi connectivity index (χ4n) is 1.62. The SMILES string of the molecule is C=C=CC(CCc1ccc(OC)cc1)OC(C)=O. The smallest absolute Gasteiger partial charge is 0.303 e. The number of benzene rings is 1. The number of methoxy groups -OCH3 is 1. The predicted molar refractivity (Wildman–Crippen MR) is 70.6 cm³/mol. The fraction of sp³-hybridized carbons (Fsp3) is 0.333. The van der Waals surface area contributed by atoms with Gasteiger partial charge in [-0.1, -0.05) is 18.7 Å². The van der Waals surface area contributed by atoms with E-state index in [1.54, 1.807) is 13.2 Å². The number of carbonyl (C=O) groups is 1. The first kappa shape index (κ1) is 14.1. The van der Waals surface area contributed by atoms with Crippen LogP contribution in [0.5, 0.6) is 5.75 Å². The summed E-state index contributed by atoms with van der Waals surface area (Å²) in [7, 11) is 1.64. The van der Waals surface area contributed by atoms with Gasteiger partial charge in [-0.25, -0.2) is 0 Å². The Morgan fingerprint density at radius 1 is 1.44 bits per heavy atom. The number of ether oxygens (including phenoxy) is 2. The molecule has 0 aliphatic rings. The van der Waals surface area contributed by atoms with Crippen molar-refractivity contribution in [3.8, 4) is 5.75 Å². The van der Waals surface area contributed by atoms with E-state index in [0.717, 1.165) is 12.2 Å². The van der Waals surface area contributed by atoms with E-state index in [0.29, 0.717) is 6.42 Å². The van der Waals surface area contributed by atoms with E-state index < -0.39 is 0 Å². The molecule has 1 aromatic rings. The Kier molecular flexibility index (Phi) is 5.75. The lowest BCUT2D eigenvalue weighted by molar-refractivity contribution is -0.144. The van der Waals surface area contributed by atoms with Crippen LogP contribution >= 0.6 is 0 Å². The molecule has 0 bridgehead atoms. The van der Waals surface area contributed by atoms with Crippen molar-refractivity contribution in [1.82, 2.24) is 0 Å². The Balaban J connectivity index is 2.54. The van der Waals surface area contributed by atoms with Crippen molar-refractivity contribution >= 4 is 5.97 Å². The lowest BCUT2D eigenvalue weighted by Crippen LogP contribution is -2.14. The molecule has 0 spiro atoms. The van der Waals surface area contributed by atoms with Crippen molar-refractivity contribution in [3.05, 3.63) is 48.2 Å². The summed E-state index contributed by atoms with van der Waals surface area (Å²) >= 11 is 0. The van der Waals surface area contributed by atoms with Gasteiger partial charge in [-0.15, -0.1) is 5.73 Å². The van der Waals surface area contributed by atoms with Gasteiger partial charge in [0.1, 0.15) is 11.9 Å². The highest BCUT2D eigenvalue weighted by molar-refractivity contribution is 5.66. The average Bonchev–Trinajstić information content (AvgIpc) is 2.36. The van der Waals surface area contributed by atoms with E-state index in [9.17, 15) is 4.79 Å². The first-order valence-corrected chi connectivity index (χ1v) is 5.82. The van der Waals surface area contributed by atoms with Crippen molar-refractivity contribution in [1.29, 1.82) is 0 Å². The Hall–Kier alpha value is -1.99. The number of hydrogen-bond acceptors (Lipinski definition) is 3. The maximum Gasteiger partial charge on any atom is 0.303 e. The van der Waals surface area contributed by atoms with E-state index in [4.69, 9.17) is 9.47 Å². The minimum Gasteiger partial charge on any atom is -0.497 e. The van der Waals surface area contributed by atoms with Crippen LogP contribution in [-0.2, 0) is 16.0 Å². The van der Waals surface area contributed by atoms with Crippen LogP contribution < -0.4 is 4.74 Å². The number of hydrogen-bond donors (Lipinski definition) is 0. The lowest BCUT2D eigenvalue weighted by atomic mass is 10.1. The summed E-state index contributed by atoms with van der Waals surface area (Å²) in [6, 6.07) is 7.83. The largest absolute Gasteiger partial charge is 0.497 e. The second kappa shape index (κ2) is 7.36. The number of aryl methyl sites for hydroxylation is 1. The molecule has 1 aromatic carbocycles. The number of carbonyl (C=O) groups excluding carboxylic acids is 1. The van der Waals surface area contributed by atoms with Crippen molar-refractivity contribution in [2.45, 2.75) is 25.9 Å². The first-order valence-electron chi connectivity index (χ1n) is 5.82. The molecule has 0 radical (unpaired) electrons. The number of rotatable bonds is 6. The van der Waals surface area contributed by atoms with E-state index in [2.05, 4.69) is 12.3 Å². The van der Waals surface area contributed by atoms with Crippen molar-refractivity contribution in [3.63, 3.8) is 0 Å². The molecule has 18 heavy (non-hydrogen) atoms. The topological polar surface area (TPSA) is 35.5 Å². The Bertz CT molecular complexity index is 428. The van der Waals surface area contributed by atoms with Crippen molar-refractivity contribution < 1.29 is 14.3 Å². The van der Waals surface area contributed by atoms with Crippen LogP contribution in [0.25, 0.3) is 0 Å². The molecule has 0 amide bonds. The van der Waals surface area contributed by atoms with Gasteiger partial charge in [-0.3, -0.25) is 4.79 Å². The minimum atomic E-state index is -0.291. The Morgan fingerprint density at radius 3 is 2.61 bits per heavy atom. The third-order valence-corrected chi connectivity index (χ3v) is 2.50. The highest BCUT2D eigenvalue weighted by Gasteiger charge is 2.08. The molecule has 0 saturated heterocycles. The van der Waals surface area contributed by atoms with Gasteiger partial charge in [-0.05, 0) is 36.6 Å². The van der Waals surface area contributed by atoms with Gasteiger partial charge in [0.2, 0.25) is 0 Å². The monoisotopic (exact) mass is 246 g/mol. The molecule has 1 atom stereocenters. The fourth-order valence-corrected chi connectivity index (χ4v) is 1.62. The molecular formula is C15H18O3. The van der Waals surface area contributed by atoms with Crippen LogP contribution in [0.15, 0.2) is 42.7 Å². The van der Waals surface area contributed by atoms with Crippen LogP contribution in [0.2, 0.25) is 0 Å². The van der Waals surface area contributed by atoms with Gasteiger partial charge in [0.05, 0.1) is 7.11 Å². The molecule has 0 fully saturated rings. The predicted octanol–water partition coefficient (Wildman–Crippen LogP) is 2.90. The maximum atomic E-state index is 10.9. The molecule has 0 aromatic heterocycles. The summed E-state index contributed by atoms with van der Waals surface area (Å²) in [5, 5.41) is 0. The van der Waals surface area contributed by atoms with Gasteiger partial charge in [0, 0.05) is 6.92 Å². The summed E-state index contributed by atoms with van der Waals surface area (Å²) in [6.45, 7) is 4.90. The molecule has 3 nitrogen and oxygen atoms in total. The third-order valence-electron chi connectivity index (χ3n) is 2.50. The van der Waals surface area contributed by atoms with Gasteiger partial charge < -0.3 is 9.47 Å². The van der Waals surface area contributed by atoms with E-state index >= 15 is 0 Å². The molecule has 1 unspecified atom stereocenters. The molecule has 0 aliphatic carbocycles. The Labute approximate surface area is 108 Å². The molecule has 3 heteroatoms. The third kappa shape index (κ3) is 4.89. The quantitative estimate of drug-likeness (QED) is 0.572. The first-order chi connectivity index (χ1) is 8.65. The average molecular weight is 246 g/mol. The van der Waals surface area contributed by atoms with Gasteiger partial charge >= 0.3 is 5.97 Å². The normalized spacial score (nSPS) is 11.2. The zero-order valence-electron chi connectivity index (χ0n) is 10.8. The second-order valence-corrected chi connectivity index (χ2v) is 3.91. The molecule has 0 N–H and O–H groups in total. The van der Waals surface area contributed by atoms with Crippen LogP contribution in [-0.4, -0.2) is 19.2 Å². The van der Waals surface area contributed by atoms with Gasteiger partial charge in [0.25, 0.3) is 0 Å². The van der Waals surface area contributed by atoms with Crippen LogP contribution in [0.1, 0.15) is 18.9 Å². The summed E-state index contributed by atoms with van der Waals surface area (Å²) in [6.07, 6.45) is 2.95. The number of esters is 1. The molecule has 1 rings (SSSR count). The van der Waals surface area contributed by atoms with Crippen LogP contribution in [0, 0.1) is 0 Å². The minimum absolute atomic E-state index is 0.262. The van der Waals surface area contributed by atoms with Gasteiger partial charge in [-0.2, -0.15) is 0 Å². The van der Waals surface area contributed by atoms with Crippen LogP contribution in [0.3, 0.4) is 0 Å². The van der Waals surface area contributed by atoms with E-state index in [1.165, 1.54) is 12.5 Å². The molecule has 0 heterocycles. The lowest BCUT2D eigenvalue weighted by Gasteiger charge is -2.12. The highest BCUT2D eigenvalue weighted by Crippen LogP contribution is 2.14.